The first kappa shape index (κ1) is 25.3. The number of anilines is 3. The van der Waals surface area contributed by atoms with Crippen LogP contribution in [0.1, 0.15) is 16.7 Å². The molecule has 3 aromatic carbocycles. The average molecular weight is 517 g/mol. The maximum atomic E-state index is 13.0. The van der Waals surface area contributed by atoms with Gasteiger partial charge in [0.2, 0.25) is 0 Å². The first-order valence-electron chi connectivity index (χ1n) is 10.8. The zero-order chi connectivity index (χ0) is 26.1. The number of nitrogens with one attached hydrogen (secondary N) is 3. The summed E-state index contributed by atoms with van der Waals surface area (Å²) >= 11 is 0. The van der Waals surface area contributed by atoms with E-state index in [0.717, 1.165) is 18.2 Å². The van der Waals surface area contributed by atoms with Crippen LogP contribution in [0.5, 0.6) is 0 Å². The Morgan fingerprint density at radius 2 is 1.58 bits per heavy atom. The lowest BCUT2D eigenvalue weighted by Gasteiger charge is -2.16. The minimum Gasteiger partial charge on any atom is -0.354 e. The number of rotatable bonds is 7. The van der Waals surface area contributed by atoms with Crippen molar-refractivity contribution in [2.75, 3.05) is 29.5 Å². The largest absolute Gasteiger partial charge is 0.516 e. The highest BCUT2D eigenvalue weighted by Crippen LogP contribution is 2.39. The monoisotopic (exact) mass is 516 g/mol. The average Bonchev–Trinajstić information content (AvgIpc) is 3.12. The van der Waals surface area contributed by atoms with E-state index in [1.807, 2.05) is 49.3 Å². The van der Waals surface area contributed by atoms with Crippen molar-refractivity contribution in [3.8, 4) is 0 Å². The quantitative estimate of drug-likeness (QED) is 0.387. The molecule has 0 bridgehead atoms. The number of benzene rings is 3. The lowest BCUT2D eigenvalue weighted by Crippen LogP contribution is -2.29. The SMILES string of the molecule is CN(C)Cc1ccc(NC(=C2C(=O)Nc3ccc(NS(=O)(=O)C(F)(F)F)cc32)c2ccccc2)cc1. The van der Waals surface area contributed by atoms with E-state index in [-0.39, 0.29) is 16.8 Å². The third-order valence-corrected chi connectivity index (χ3v) is 6.47. The highest BCUT2D eigenvalue weighted by atomic mass is 32.2. The summed E-state index contributed by atoms with van der Waals surface area (Å²) in [5.41, 5.74) is -2.16. The summed E-state index contributed by atoms with van der Waals surface area (Å²) in [5.74, 6) is -0.476. The normalized spacial score (nSPS) is 14.9. The third-order valence-electron chi connectivity index (χ3n) is 5.36. The predicted octanol–water partition coefficient (Wildman–Crippen LogP) is 4.94. The Morgan fingerprint density at radius 1 is 0.944 bits per heavy atom. The fourth-order valence-electron chi connectivity index (χ4n) is 3.78. The van der Waals surface area contributed by atoms with Crippen LogP contribution >= 0.6 is 0 Å². The van der Waals surface area contributed by atoms with Gasteiger partial charge in [0.15, 0.2) is 0 Å². The van der Waals surface area contributed by atoms with Gasteiger partial charge in [-0.3, -0.25) is 9.52 Å². The van der Waals surface area contributed by atoms with Crippen LogP contribution in [0.4, 0.5) is 30.2 Å². The smallest absolute Gasteiger partial charge is 0.354 e. The molecule has 0 saturated carbocycles. The van der Waals surface area contributed by atoms with Crippen molar-refractivity contribution >= 4 is 44.3 Å². The van der Waals surface area contributed by atoms with E-state index in [1.54, 1.807) is 24.3 Å². The Labute approximate surface area is 206 Å². The molecule has 0 saturated heterocycles. The van der Waals surface area contributed by atoms with Gasteiger partial charge < -0.3 is 15.5 Å². The molecule has 188 valence electrons. The minimum absolute atomic E-state index is 0.168. The summed E-state index contributed by atoms with van der Waals surface area (Å²) in [6, 6.07) is 20.3. The van der Waals surface area contributed by atoms with Gasteiger partial charge in [-0.25, -0.2) is 0 Å². The maximum Gasteiger partial charge on any atom is 0.516 e. The molecule has 0 unspecified atom stereocenters. The van der Waals surface area contributed by atoms with E-state index in [4.69, 9.17) is 0 Å². The molecule has 0 aromatic heterocycles. The summed E-state index contributed by atoms with van der Waals surface area (Å²) in [4.78, 5) is 15.1. The summed E-state index contributed by atoms with van der Waals surface area (Å²) in [7, 11) is -1.70. The fraction of sp³-hybridized carbons (Fsp3) is 0.160. The number of alkyl halides is 3. The van der Waals surface area contributed by atoms with Crippen LogP contribution in [-0.4, -0.2) is 38.8 Å². The number of halogens is 3. The van der Waals surface area contributed by atoms with Crippen LogP contribution in [0.2, 0.25) is 0 Å². The number of carbonyl (C=O) groups excluding carboxylic acids is 1. The van der Waals surface area contributed by atoms with E-state index in [2.05, 4.69) is 10.6 Å². The van der Waals surface area contributed by atoms with Gasteiger partial charge in [0.05, 0.1) is 11.3 Å². The van der Waals surface area contributed by atoms with E-state index >= 15 is 0 Å². The van der Waals surface area contributed by atoms with Crippen LogP contribution in [0, 0.1) is 0 Å². The Bertz CT molecular complexity index is 1420. The molecule has 36 heavy (non-hydrogen) atoms. The Hall–Kier alpha value is -3.83. The lowest BCUT2D eigenvalue weighted by atomic mass is 9.99. The van der Waals surface area contributed by atoms with Crippen molar-refractivity contribution < 1.29 is 26.4 Å². The van der Waals surface area contributed by atoms with Gasteiger partial charge >= 0.3 is 15.5 Å². The van der Waals surface area contributed by atoms with Crippen LogP contribution in [0.3, 0.4) is 0 Å². The Kier molecular flexibility index (Phi) is 6.79. The molecule has 0 radical (unpaired) electrons. The van der Waals surface area contributed by atoms with Crippen molar-refractivity contribution in [2.45, 2.75) is 12.1 Å². The molecule has 3 aromatic rings. The zero-order valence-electron chi connectivity index (χ0n) is 19.3. The number of nitrogens with zero attached hydrogens (tertiary/aromatic N) is 1. The molecule has 1 heterocycles. The second-order valence-corrected chi connectivity index (χ2v) is 10.1. The summed E-state index contributed by atoms with van der Waals surface area (Å²) in [6.45, 7) is 0.749. The van der Waals surface area contributed by atoms with Crippen molar-refractivity contribution in [3.05, 3.63) is 89.5 Å². The number of hydrogen-bond donors (Lipinski definition) is 3. The van der Waals surface area contributed by atoms with Gasteiger partial charge in [0.25, 0.3) is 5.91 Å². The summed E-state index contributed by atoms with van der Waals surface area (Å²) in [5, 5.41) is 5.96. The van der Waals surface area contributed by atoms with Crippen molar-refractivity contribution in [2.24, 2.45) is 0 Å². The molecule has 11 heteroatoms. The molecule has 4 rings (SSSR count). The van der Waals surface area contributed by atoms with Gasteiger partial charge in [-0.1, -0.05) is 42.5 Å². The molecular formula is C25H23F3N4O3S. The second kappa shape index (κ2) is 9.67. The van der Waals surface area contributed by atoms with Gasteiger partial charge in [0, 0.05) is 29.2 Å². The highest BCUT2D eigenvalue weighted by Gasteiger charge is 2.46. The molecule has 7 nitrogen and oxygen atoms in total. The van der Waals surface area contributed by atoms with E-state index in [0.29, 0.717) is 22.6 Å². The van der Waals surface area contributed by atoms with E-state index in [1.165, 1.54) is 16.9 Å². The van der Waals surface area contributed by atoms with Gasteiger partial charge in [-0.2, -0.15) is 21.6 Å². The first-order valence-corrected chi connectivity index (χ1v) is 12.3. The third kappa shape index (κ3) is 5.37. The van der Waals surface area contributed by atoms with Crippen LogP contribution in [-0.2, 0) is 21.4 Å². The zero-order valence-corrected chi connectivity index (χ0v) is 20.2. The summed E-state index contributed by atoms with van der Waals surface area (Å²) < 4.78 is 63.4. The molecule has 1 aliphatic rings. The molecular weight excluding hydrogens is 493 g/mol. The molecule has 0 atom stereocenters. The van der Waals surface area contributed by atoms with Crippen LogP contribution < -0.4 is 15.4 Å². The van der Waals surface area contributed by atoms with Crippen molar-refractivity contribution in [1.82, 2.24) is 4.90 Å². The highest BCUT2D eigenvalue weighted by molar-refractivity contribution is 7.93. The Balaban J connectivity index is 1.79. The Morgan fingerprint density at radius 3 is 2.19 bits per heavy atom. The summed E-state index contributed by atoms with van der Waals surface area (Å²) in [6.07, 6.45) is 0. The molecule has 1 aliphatic heterocycles. The standard InChI is InChI=1S/C25H23F3N4O3S/c1-32(2)15-16-8-10-18(11-9-16)29-23(17-6-4-3-5-7-17)22-20-14-19(12-13-21(20)30-24(22)33)31-36(34,35)25(26,27)28/h3-14,29,31H,15H2,1-2H3,(H,30,33). The second-order valence-electron chi connectivity index (χ2n) is 8.44. The topological polar surface area (TPSA) is 90.5 Å². The van der Waals surface area contributed by atoms with Crippen LogP contribution in [0.15, 0.2) is 72.8 Å². The van der Waals surface area contributed by atoms with E-state index < -0.39 is 21.4 Å². The van der Waals surface area contributed by atoms with Gasteiger partial charge in [0.1, 0.15) is 0 Å². The number of amides is 1. The maximum absolute atomic E-state index is 13.0. The van der Waals surface area contributed by atoms with Crippen LogP contribution in [0.25, 0.3) is 11.3 Å². The first-order chi connectivity index (χ1) is 16.9. The van der Waals surface area contributed by atoms with Crippen molar-refractivity contribution in [3.63, 3.8) is 0 Å². The van der Waals surface area contributed by atoms with E-state index in [9.17, 15) is 26.4 Å². The lowest BCUT2D eigenvalue weighted by molar-refractivity contribution is -0.110. The molecule has 1 amide bonds. The molecule has 0 spiro atoms. The van der Waals surface area contributed by atoms with Gasteiger partial charge in [-0.15, -0.1) is 0 Å². The molecule has 3 N–H and O–H groups in total. The molecule has 0 fully saturated rings. The molecule has 0 aliphatic carbocycles. The fourth-order valence-corrected chi connectivity index (χ4v) is 4.33. The van der Waals surface area contributed by atoms with Crippen molar-refractivity contribution in [1.29, 1.82) is 0 Å². The predicted molar refractivity (Wildman–Crippen MR) is 134 cm³/mol. The number of hydrogen-bond acceptors (Lipinski definition) is 5. The minimum atomic E-state index is -5.62. The number of sulfonamides is 1. The number of carbonyl (C=O) groups is 1. The van der Waals surface area contributed by atoms with Gasteiger partial charge in [-0.05, 0) is 55.6 Å². The number of fused-ring (bicyclic) bond motifs is 1.